The topological polar surface area (TPSA) is 80.9 Å². The molecule has 3 aromatic rings. The molecule has 0 saturated heterocycles. The predicted octanol–water partition coefficient (Wildman–Crippen LogP) is 2.99. The van der Waals surface area contributed by atoms with Crippen molar-refractivity contribution in [3.05, 3.63) is 72.6 Å². The summed E-state index contributed by atoms with van der Waals surface area (Å²) in [6.07, 6.45) is 3.51. The van der Waals surface area contributed by atoms with Crippen LogP contribution >= 0.6 is 0 Å². The highest BCUT2D eigenvalue weighted by Gasteiger charge is 2.03. The van der Waals surface area contributed by atoms with E-state index in [2.05, 4.69) is 15.3 Å². The number of nitrogens with one attached hydrogen (secondary N) is 1. The minimum atomic E-state index is -0.469. The molecule has 5 heteroatoms. The smallest absolute Gasteiger partial charge is 0.248 e. The van der Waals surface area contributed by atoms with Gasteiger partial charge in [-0.2, -0.15) is 0 Å². The molecule has 1 heterocycles. The Morgan fingerprint density at radius 2 is 1.64 bits per heavy atom. The van der Waals surface area contributed by atoms with Crippen molar-refractivity contribution in [3.8, 4) is 11.1 Å². The molecule has 0 atom stereocenters. The Hall–Kier alpha value is -3.21. The maximum atomic E-state index is 11.2. The van der Waals surface area contributed by atoms with Crippen LogP contribution in [0.1, 0.15) is 10.4 Å². The van der Waals surface area contributed by atoms with E-state index in [9.17, 15) is 4.79 Å². The van der Waals surface area contributed by atoms with E-state index in [0.29, 0.717) is 17.2 Å². The Balaban J connectivity index is 1.79. The number of nitrogens with two attached hydrogens (primary N) is 1. The Morgan fingerprint density at radius 3 is 2.32 bits per heavy atom. The largest absolute Gasteiger partial charge is 0.366 e. The lowest BCUT2D eigenvalue weighted by Gasteiger charge is -2.06. The number of carbonyl (C=O) groups excluding carboxylic acids is 1. The summed E-state index contributed by atoms with van der Waals surface area (Å²) >= 11 is 0. The van der Waals surface area contributed by atoms with E-state index >= 15 is 0 Å². The van der Waals surface area contributed by atoms with E-state index in [0.717, 1.165) is 11.1 Å². The lowest BCUT2D eigenvalue weighted by atomic mass is 10.1. The Labute approximate surface area is 127 Å². The predicted molar refractivity (Wildman–Crippen MR) is 85.7 cm³/mol. The fourth-order valence-corrected chi connectivity index (χ4v) is 2.05. The maximum Gasteiger partial charge on any atom is 0.248 e. The lowest BCUT2D eigenvalue weighted by Crippen LogP contribution is -2.11. The lowest BCUT2D eigenvalue weighted by molar-refractivity contribution is 0.100. The molecule has 0 radical (unpaired) electrons. The van der Waals surface area contributed by atoms with Gasteiger partial charge in [0.05, 0.1) is 0 Å². The number of benzene rings is 2. The molecule has 0 unspecified atom stereocenters. The first-order valence-corrected chi connectivity index (χ1v) is 6.77. The van der Waals surface area contributed by atoms with Gasteiger partial charge in [-0.3, -0.25) is 4.79 Å². The molecule has 3 N–H and O–H groups in total. The summed E-state index contributed by atoms with van der Waals surface area (Å²) in [7, 11) is 0. The van der Waals surface area contributed by atoms with E-state index in [1.807, 2.05) is 36.4 Å². The van der Waals surface area contributed by atoms with Crippen molar-refractivity contribution in [2.45, 2.75) is 0 Å². The third-order valence-electron chi connectivity index (χ3n) is 3.16. The molecular formula is C17H14N4O. The highest BCUT2D eigenvalue weighted by Crippen LogP contribution is 2.19. The molecule has 0 aliphatic rings. The molecule has 22 heavy (non-hydrogen) atoms. The van der Waals surface area contributed by atoms with Crippen molar-refractivity contribution < 1.29 is 4.79 Å². The third-order valence-corrected chi connectivity index (χ3v) is 3.16. The highest BCUT2D eigenvalue weighted by molar-refractivity contribution is 5.93. The van der Waals surface area contributed by atoms with E-state index in [1.165, 1.54) is 0 Å². The molecule has 108 valence electrons. The van der Waals surface area contributed by atoms with E-state index in [4.69, 9.17) is 5.73 Å². The van der Waals surface area contributed by atoms with Gasteiger partial charge in [0.25, 0.3) is 0 Å². The van der Waals surface area contributed by atoms with Gasteiger partial charge >= 0.3 is 0 Å². The molecule has 1 amide bonds. The second-order valence-corrected chi connectivity index (χ2v) is 4.73. The number of hydrogen-bond donors (Lipinski definition) is 2. The molecule has 0 spiro atoms. The Morgan fingerprint density at radius 1 is 0.909 bits per heavy atom. The summed E-state index contributed by atoms with van der Waals surface area (Å²) < 4.78 is 0. The molecular weight excluding hydrogens is 276 g/mol. The maximum absolute atomic E-state index is 11.2. The standard InChI is InChI=1S/C17H14N4O/c18-16(22)13-7-4-8-15(9-13)21-17-19-10-14(11-20-17)12-5-2-1-3-6-12/h1-11H,(H2,18,22)(H,19,20,21). The van der Waals surface area contributed by atoms with E-state index in [1.54, 1.807) is 30.6 Å². The normalized spacial score (nSPS) is 10.2. The molecule has 5 nitrogen and oxygen atoms in total. The van der Waals surface area contributed by atoms with Crippen molar-refractivity contribution in [1.82, 2.24) is 9.97 Å². The van der Waals surface area contributed by atoms with Crippen LogP contribution in [-0.2, 0) is 0 Å². The van der Waals surface area contributed by atoms with Crippen molar-refractivity contribution in [1.29, 1.82) is 0 Å². The van der Waals surface area contributed by atoms with Crippen molar-refractivity contribution >= 4 is 17.5 Å². The minimum Gasteiger partial charge on any atom is -0.366 e. The fourth-order valence-electron chi connectivity index (χ4n) is 2.05. The Bertz CT molecular complexity index is 785. The van der Waals surface area contributed by atoms with Crippen LogP contribution in [0, 0.1) is 0 Å². The zero-order chi connectivity index (χ0) is 15.4. The molecule has 3 rings (SSSR count). The van der Waals surface area contributed by atoms with Gasteiger partial charge in [-0.25, -0.2) is 9.97 Å². The van der Waals surface area contributed by atoms with Crippen molar-refractivity contribution in [2.75, 3.05) is 5.32 Å². The SMILES string of the molecule is NC(=O)c1cccc(Nc2ncc(-c3ccccc3)cn2)c1. The number of aromatic nitrogens is 2. The van der Waals surface area contributed by atoms with Gasteiger partial charge in [0.1, 0.15) is 0 Å². The van der Waals surface area contributed by atoms with E-state index < -0.39 is 5.91 Å². The second kappa shape index (κ2) is 6.05. The van der Waals surface area contributed by atoms with Crippen LogP contribution in [-0.4, -0.2) is 15.9 Å². The van der Waals surface area contributed by atoms with E-state index in [-0.39, 0.29) is 0 Å². The van der Waals surface area contributed by atoms with Crippen LogP contribution in [0.2, 0.25) is 0 Å². The number of anilines is 2. The van der Waals surface area contributed by atoms with Gasteiger partial charge in [0.15, 0.2) is 0 Å². The first kappa shape index (κ1) is 13.8. The fraction of sp³-hybridized carbons (Fsp3) is 0. The number of nitrogens with zero attached hydrogens (tertiary/aromatic N) is 2. The number of rotatable bonds is 4. The molecule has 1 aromatic heterocycles. The summed E-state index contributed by atoms with van der Waals surface area (Å²) in [5, 5.41) is 3.05. The van der Waals surface area contributed by atoms with Crippen LogP contribution in [0.4, 0.5) is 11.6 Å². The average Bonchev–Trinajstić information content (AvgIpc) is 2.56. The quantitative estimate of drug-likeness (QED) is 0.774. The first-order chi connectivity index (χ1) is 10.7. The van der Waals surface area contributed by atoms with Gasteiger partial charge in [-0.15, -0.1) is 0 Å². The zero-order valence-electron chi connectivity index (χ0n) is 11.7. The number of amides is 1. The van der Waals surface area contributed by atoms with Crippen LogP contribution in [0.25, 0.3) is 11.1 Å². The van der Waals surface area contributed by atoms with Gasteiger partial charge in [-0.05, 0) is 23.8 Å². The molecule has 0 saturated carbocycles. The first-order valence-electron chi connectivity index (χ1n) is 6.77. The molecule has 0 fully saturated rings. The third kappa shape index (κ3) is 3.09. The van der Waals surface area contributed by atoms with Crippen LogP contribution < -0.4 is 11.1 Å². The van der Waals surface area contributed by atoms with Gasteiger partial charge < -0.3 is 11.1 Å². The van der Waals surface area contributed by atoms with Crippen molar-refractivity contribution in [3.63, 3.8) is 0 Å². The highest BCUT2D eigenvalue weighted by atomic mass is 16.1. The average molecular weight is 290 g/mol. The summed E-state index contributed by atoms with van der Waals surface area (Å²) in [6.45, 7) is 0. The summed E-state index contributed by atoms with van der Waals surface area (Å²) in [5.41, 5.74) is 8.41. The van der Waals surface area contributed by atoms with Crippen LogP contribution in [0.3, 0.4) is 0 Å². The van der Waals surface area contributed by atoms with Crippen molar-refractivity contribution in [2.24, 2.45) is 5.73 Å². The Kier molecular flexibility index (Phi) is 3.78. The summed E-state index contributed by atoms with van der Waals surface area (Å²) in [6, 6.07) is 16.8. The molecule has 0 aliphatic heterocycles. The summed E-state index contributed by atoms with van der Waals surface area (Å²) in [5.74, 6) is -0.00899. The molecule has 0 aliphatic carbocycles. The molecule has 2 aromatic carbocycles. The number of primary amides is 1. The van der Waals surface area contributed by atoms with Crippen LogP contribution in [0.15, 0.2) is 67.0 Å². The summed E-state index contributed by atoms with van der Waals surface area (Å²) in [4.78, 5) is 19.7. The number of hydrogen-bond acceptors (Lipinski definition) is 4. The van der Waals surface area contributed by atoms with Gasteiger partial charge in [0, 0.05) is 29.2 Å². The van der Waals surface area contributed by atoms with Crippen LogP contribution in [0.5, 0.6) is 0 Å². The minimum absolute atomic E-state index is 0.436. The monoisotopic (exact) mass is 290 g/mol. The zero-order valence-corrected chi connectivity index (χ0v) is 11.7. The second-order valence-electron chi connectivity index (χ2n) is 4.73. The van der Waals surface area contributed by atoms with Gasteiger partial charge in [-0.1, -0.05) is 36.4 Å². The van der Waals surface area contributed by atoms with Gasteiger partial charge in [0.2, 0.25) is 11.9 Å². The number of carbonyl (C=O) groups is 1. The molecule has 0 bridgehead atoms.